The minimum Gasteiger partial charge on any atom is -0.480 e. The minimum atomic E-state index is -1.04. The lowest BCUT2D eigenvalue weighted by molar-refractivity contribution is -0.141. The molecule has 6 heteroatoms. The summed E-state index contributed by atoms with van der Waals surface area (Å²) in [6.07, 6.45) is 7.34. The standard InChI is InChI=1S/C25H33NO4S/c1-15(24(28)29)26-22(27)14-19(18-5-3-2-4-6-18)7-8-31-25(30)23-20-10-16-9-17(12-20)13-21(23)11-16/h2-6,15-17,19-21,23H,7-14H2,1H3,(H,26,27)(H,28,29)/t15-,16?,17?,19?,20?,21?,23?/m0/s1. The molecule has 0 aliphatic heterocycles. The summed E-state index contributed by atoms with van der Waals surface area (Å²) < 4.78 is 0. The quantitative estimate of drug-likeness (QED) is 0.588. The first-order chi connectivity index (χ1) is 14.9. The maximum absolute atomic E-state index is 13.1. The van der Waals surface area contributed by atoms with Crippen LogP contribution in [-0.4, -0.2) is 33.9 Å². The van der Waals surface area contributed by atoms with Crippen LogP contribution < -0.4 is 5.32 Å². The Morgan fingerprint density at radius 1 is 1.03 bits per heavy atom. The molecule has 2 N–H and O–H groups in total. The van der Waals surface area contributed by atoms with Crippen LogP contribution in [0.4, 0.5) is 0 Å². The SMILES string of the molecule is C[C@H](NC(=O)CC(CCSC(=O)C1C2CC3CC(C2)CC1C3)c1ccccc1)C(=O)O. The van der Waals surface area contributed by atoms with E-state index in [0.29, 0.717) is 22.7 Å². The lowest BCUT2D eigenvalue weighted by atomic mass is 9.52. The number of carboxylic acids is 1. The number of benzene rings is 1. The highest BCUT2D eigenvalue weighted by molar-refractivity contribution is 8.13. The molecule has 168 valence electrons. The normalized spacial score (nSPS) is 30.5. The van der Waals surface area contributed by atoms with Gasteiger partial charge in [0.05, 0.1) is 0 Å². The number of hydrogen-bond donors (Lipinski definition) is 2. The van der Waals surface area contributed by atoms with E-state index in [4.69, 9.17) is 5.11 Å². The Labute approximate surface area is 188 Å². The number of carbonyl (C=O) groups excluding carboxylic acids is 2. The predicted molar refractivity (Wildman–Crippen MR) is 122 cm³/mol. The predicted octanol–water partition coefficient (Wildman–Crippen LogP) is 4.47. The van der Waals surface area contributed by atoms with E-state index >= 15 is 0 Å². The Morgan fingerprint density at radius 2 is 1.65 bits per heavy atom. The molecule has 0 saturated heterocycles. The van der Waals surface area contributed by atoms with E-state index in [2.05, 4.69) is 5.32 Å². The average Bonchev–Trinajstić information content (AvgIpc) is 2.72. The molecular weight excluding hydrogens is 410 g/mol. The number of carbonyl (C=O) groups is 3. The van der Waals surface area contributed by atoms with Crippen LogP contribution in [-0.2, 0) is 14.4 Å². The van der Waals surface area contributed by atoms with Crippen molar-refractivity contribution in [3.63, 3.8) is 0 Å². The molecule has 4 saturated carbocycles. The molecule has 5 nitrogen and oxygen atoms in total. The maximum Gasteiger partial charge on any atom is 0.325 e. The van der Waals surface area contributed by atoms with Crippen molar-refractivity contribution < 1.29 is 19.5 Å². The molecule has 4 fully saturated rings. The van der Waals surface area contributed by atoms with Crippen molar-refractivity contribution in [2.45, 2.75) is 63.8 Å². The first-order valence-corrected chi connectivity index (χ1v) is 12.6. The fourth-order valence-electron chi connectivity index (χ4n) is 6.41. The number of rotatable bonds is 9. The summed E-state index contributed by atoms with van der Waals surface area (Å²) in [6, 6.07) is 8.94. The summed E-state index contributed by atoms with van der Waals surface area (Å²) in [7, 11) is 0. The van der Waals surface area contributed by atoms with Gasteiger partial charge in [0, 0.05) is 18.1 Å². The Hall–Kier alpha value is -1.82. The first-order valence-electron chi connectivity index (χ1n) is 11.6. The van der Waals surface area contributed by atoms with Crippen molar-refractivity contribution >= 4 is 28.8 Å². The molecule has 0 spiro atoms. The van der Waals surface area contributed by atoms with Gasteiger partial charge in [-0.2, -0.15) is 0 Å². The molecule has 31 heavy (non-hydrogen) atoms. The van der Waals surface area contributed by atoms with E-state index < -0.39 is 12.0 Å². The van der Waals surface area contributed by atoms with Crippen LogP contribution in [0.5, 0.6) is 0 Å². The zero-order valence-electron chi connectivity index (χ0n) is 18.2. The summed E-state index contributed by atoms with van der Waals surface area (Å²) in [5.74, 6) is 2.55. The molecule has 4 aliphatic rings. The second-order valence-corrected chi connectivity index (χ2v) is 11.0. The van der Waals surface area contributed by atoms with Gasteiger partial charge >= 0.3 is 5.97 Å². The molecule has 2 atom stereocenters. The number of thioether (sulfide) groups is 1. The summed E-state index contributed by atoms with van der Waals surface area (Å²) in [5, 5.41) is 12.0. The zero-order valence-corrected chi connectivity index (χ0v) is 19.0. The first kappa shape index (κ1) is 22.4. The van der Waals surface area contributed by atoms with Crippen LogP contribution in [0.2, 0.25) is 0 Å². The van der Waals surface area contributed by atoms with Crippen molar-refractivity contribution in [2.24, 2.45) is 29.6 Å². The molecule has 1 unspecified atom stereocenters. The van der Waals surface area contributed by atoms with E-state index in [0.717, 1.165) is 23.8 Å². The number of amides is 1. The van der Waals surface area contributed by atoms with Crippen LogP contribution in [0, 0.1) is 29.6 Å². The fraction of sp³-hybridized carbons (Fsp3) is 0.640. The number of hydrogen-bond acceptors (Lipinski definition) is 4. The highest BCUT2D eigenvalue weighted by atomic mass is 32.2. The summed E-state index contributed by atoms with van der Waals surface area (Å²) in [5.41, 5.74) is 1.06. The summed E-state index contributed by atoms with van der Waals surface area (Å²) >= 11 is 1.46. The van der Waals surface area contributed by atoms with Gasteiger partial charge in [-0.3, -0.25) is 14.4 Å². The number of carboxylic acid groups (broad SMARTS) is 1. The van der Waals surface area contributed by atoms with Gasteiger partial charge in [-0.25, -0.2) is 0 Å². The van der Waals surface area contributed by atoms with E-state index in [-0.39, 0.29) is 24.2 Å². The molecule has 4 bridgehead atoms. The van der Waals surface area contributed by atoms with Crippen molar-refractivity contribution in [3.05, 3.63) is 35.9 Å². The summed E-state index contributed by atoms with van der Waals surface area (Å²) in [4.78, 5) is 36.6. The third-order valence-corrected chi connectivity index (χ3v) is 8.66. The van der Waals surface area contributed by atoms with Crippen molar-refractivity contribution in [1.82, 2.24) is 5.32 Å². The molecule has 1 amide bonds. The molecule has 4 aliphatic carbocycles. The Bertz CT molecular complexity index is 783. The molecule has 1 aromatic carbocycles. The van der Waals surface area contributed by atoms with Crippen molar-refractivity contribution in [2.75, 3.05) is 5.75 Å². The summed E-state index contributed by atoms with van der Waals surface area (Å²) in [6.45, 7) is 1.47. The highest BCUT2D eigenvalue weighted by Crippen LogP contribution is 2.57. The van der Waals surface area contributed by atoms with Gasteiger partial charge in [0.1, 0.15) is 6.04 Å². The Balaban J connectivity index is 1.32. The van der Waals surface area contributed by atoms with Crippen LogP contribution >= 0.6 is 11.8 Å². The van der Waals surface area contributed by atoms with Crippen LogP contribution in [0.1, 0.15) is 63.4 Å². The number of aliphatic carboxylic acids is 1. The highest BCUT2D eigenvalue weighted by Gasteiger charge is 2.50. The van der Waals surface area contributed by atoms with Gasteiger partial charge in [0.25, 0.3) is 0 Å². The van der Waals surface area contributed by atoms with E-state index in [9.17, 15) is 14.4 Å². The molecule has 1 aromatic rings. The molecule has 0 radical (unpaired) electrons. The van der Waals surface area contributed by atoms with Crippen molar-refractivity contribution in [1.29, 1.82) is 0 Å². The van der Waals surface area contributed by atoms with Gasteiger partial charge in [0.2, 0.25) is 5.91 Å². The van der Waals surface area contributed by atoms with E-state index in [1.54, 1.807) is 0 Å². The number of nitrogens with one attached hydrogen (secondary N) is 1. The Morgan fingerprint density at radius 3 is 2.23 bits per heavy atom. The third kappa shape index (κ3) is 5.33. The molecule has 0 aromatic heterocycles. The lowest BCUT2D eigenvalue weighted by Gasteiger charge is -2.53. The average molecular weight is 444 g/mol. The van der Waals surface area contributed by atoms with Crippen LogP contribution in [0.3, 0.4) is 0 Å². The van der Waals surface area contributed by atoms with Gasteiger partial charge in [-0.05, 0) is 80.6 Å². The maximum atomic E-state index is 13.1. The zero-order chi connectivity index (χ0) is 22.0. The smallest absolute Gasteiger partial charge is 0.325 e. The van der Waals surface area contributed by atoms with E-state index in [1.165, 1.54) is 50.8 Å². The van der Waals surface area contributed by atoms with Crippen LogP contribution in [0.25, 0.3) is 0 Å². The monoisotopic (exact) mass is 443 g/mol. The van der Waals surface area contributed by atoms with E-state index in [1.807, 2.05) is 30.3 Å². The minimum absolute atomic E-state index is 0.0269. The van der Waals surface area contributed by atoms with Gasteiger partial charge in [-0.15, -0.1) is 0 Å². The lowest BCUT2D eigenvalue weighted by Crippen LogP contribution is -2.47. The van der Waals surface area contributed by atoms with Gasteiger partial charge in [-0.1, -0.05) is 42.1 Å². The largest absolute Gasteiger partial charge is 0.480 e. The second-order valence-electron chi connectivity index (χ2n) is 9.85. The van der Waals surface area contributed by atoms with Gasteiger partial charge < -0.3 is 10.4 Å². The molecular formula is C25H33NO4S. The second kappa shape index (κ2) is 9.76. The fourth-order valence-corrected chi connectivity index (χ4v) is 7.59. The van der Waals surface area contributed by atoms with Crippen LogP contribution in [0.15, 0.2) is 30.3 Å². The topological polar surface area (TPSA) is 83.5 Å². The van der Waals surface area contributed by atoms with Crippen molar-refractivity contribution in [3.8, 4) is 0 Å². The Kier molecular flexibility index (Phi) is 7.05. The van der Waals surface area contributed by atoms with Gasteiger partial charge in [0.15, 0.2) is 5.12 Å². The molecule has 0 heterocycles. The molecule has 5 rings (SSSR count). The third-order valence-electron chi connectivity index (χ3n) is 7.66.